The van der Waals surface area contributed by atoms with E-state index in [1.807, 2.05) is 24.3 Å². The van der Waals surface area contributed by atoms with E-state index in [-0.39, 0.29) is 12.5 Å². The average molecular weight is 338 g/mol. The summed E-state index contributed by atoms with van der Waals surface area (Å²) in [4.78, 5) is 11.9. The lowest BCUT2D eigenvalue weighted by Gasteiger charge is -2.11. The minimum atomic E-state index is -0.279. The Bertz CT molecular complexity index is 671. The van der Waals surface area contributed by atoms with Gasteiger partial charge in [-0.05, 0) is 41.8 Å². The van der Waals surface area contributed by atoms with E-state index in [4.69, 9.17) is 27.9 Å². The fourth-order valence-electron chi connectivity index (χ4n) is 1.89. The highest BCUT2D eigenvalue weighted by Crippen LogP contribution is 2.25. The first-order valence-corrected chi connectivity index (χ1v) is 7.69. The van der Waals surface area contributed by atoms with Gasteiger partial charge >= 0.3 is 0 Å². The minimum absolute atomic E-state index is 0.0828. The summed E-state index contributed by atoms with van der Waals surface area (Å²) in [5.74, 6) is 0.799. The van der Waals surface area contributed by atoms with Crippen LogP contribution in [0.25, 0.3) is 0 Å². The molecule has 0 radical (unpaired) electrons. The molecule has 0 bridgehead atoms. The van der Waals surface area contributed by atoms with E-state index < -0.39 is 0 Å². The quantitative estimate of drug-likeness (QED) is 0.820. The van der Waals surface area contributed by atoms with Crippen LogP contribution < -0.4 is 10.1 Å². The van der Waals surface area contributed by atoms with Crippen LogP contribution in [-0.4, -0.2) is 12.5 Å². The Morgan fingerprint density at radius 3 is 2.64 bits per heavy atom. The summed E-state index contributed by atoms with van der Waals surface area (Å²) in [6, 6.07) is 12.6. The molecule has 0 heterocycles. The zero-order chi connectivity index (χ0) is 16.1. The first-order valence-electron chi connectivity index (χ1n) is 6.93. The van der Waals surface area contributed by atoms with Gasteiger partial charge in [0, 0.05) is 5.02 Å². The van der Waals surface area contributed by atoms with E-state index in [0.717, 1.165) is 0 Å². The van der Waals surface area contributed by atoms with Gasteiger partial charge in [-0.15, -0.1) is 0 Å². The zero-order valence-corrected chi connectivity index (χ0v) is 13.9. The molecule has 0 aliphatic rings. The van der Waals surface area contributed by atoms with Gasteiger partial charge in [0.25, 0.3) is 5.91 Å². The molecule has 0 aromatic heterocycles. The van der Waals surface area contributed by atoms with Crippen LogP contribution in [0.15, 0.2) is 42.5 Å². The zero-order valence-electron chi connectivity index (χ0n) is 12.4. The summed E-state index contributed by atoms with van der Waals surface area (Å²) in [7, 11) is 0. The highest BCUT2D eigenvalue weighted by atomic mass is 35.5. The maximum Gasteiger partial charge on any atom is 0.262 e. The summed E-state index contributed by atoms with van der Waals surface area (Å²) >= 11 is 11.8. The summed E-state index contributed by atoms with van der Waals surface area (Å²) < 4.78 is 5.51. The van der Waals surface area contributed by atoms with Gasteiger partial charge in [0.2, 0.25) is 0 Å². The second-order valence-corrected chi connectivity index (χ2v) is 6.03. The van der Waals surface area contributed by atoms with Crippen LogP contribution in [0, 0.1) is 0 Å². The van der Waals surface area contributed by atoms with Crippen LogP contribution in [0.1, 0.15) is 25.3 Å². The fraction of sp³-hybridized carbons (Fsp3) is 0.235. The maximum absolute atomic E-state index is 11.9. The number of hydrogen-bond acceptors (Lipinski definition) is 2. The predicted molar refractivity (Wildman–Crippen MR) is 91.1 cm³/mol. The summed E-state index contributed by atoms with van der Waals surface area (Å²) in [5, 5.41) is 3.60. The van der Waals surface area contributed by atoms with E-state index in [1.54, 1.807) is 18.2 Å². The largest absolute Gasteiger partial charge is 0.484 e. The van der Waals surface area contributed by atoms with Crippen LogP contribution in [0.2, 0.25) is 10.0 Å². The number of nitrogens with one attached hydrogen (secondary N) is 1. The number of rotatable bonds is 5. The molecule has 0 spiro atoms. The molecule has 5 heteroatoms. The van der Waals surface area contributed by atoms with Gasteiger partial charge < -0.3 is 10.1 Å². The number of amides is 1. The summed E-state index contributed by atoms with van der Waals surface area (Å²) in [6.45, 7) is 4.13. The van der Waals surface area contributed by atoms with Crippen molar-refractivity contribution in [2.45, 2.75) is 19.8 Å². The molecule has 3 nitrogen and oxygen atoms in total. The smallest absolute Gasteiger partial charge is 0.262 e. The van der Waals surface area contributed by atoms with Crippen LogP contribution in [0.3, 0.4) is 0 Å². The molecule has 0 fully saturated rings. The van der Waals surface area contributed by atoms with Crippen molar-refractivity contribution in [2.75, 3.05) is 11.9 Å². The lowest BCUT2D eigenvalue weighted by atomic mass is 10.0. The van der Waals surface area contributed by atoms with Crippen molar-refractivity contribution in [1.29, 1.82) is 0 Å². The highest BCUT2D eigenvalue weighted by molar-refractivity contribution is 6.36. The molecule has 0 atom stereocenters. The monoisotopic (exact) mass is 337 g/mol. The minimum Gasteiger partial charge on any atom is -0.484 e. The molecule has 0 saturated carbocycles. The summed E-state index contributed by atoms with van der Waals surface area (Å²) in [5.41, 5.74) is 1.68. The standard InChI is InChI=1S/C17H17Cl2NO2/c1-11(2)12-4-3-5-14(8-12)22-10-17(21)20-16-7-6-13(18)9-15(16)19/h3-9,11H,10H2,1-2H3,(H,20,21). The number of anilines is 1. The molecular weight excluding hydrogens is 321 g/mol. The molecule has 0 aliphatic carbocycles. The Morgan fingerprint density at radius 2 is 1.95 bits per heavy atom. The van der Waals surface area contributed by atoms with Gasteiger partial charge in [-0.25, -0.2) is 0 Å². The number of carbonyl (C=O) groups is 1. The first-order chi connectivity index (χ1) is 10.5. The molecular formula is C17H17Cl2NO2. The van der Waals surface area contributed by atoms with Crippen LogP contribution in [0.4, 0.5) is 5.69 Å². The van der Waals surface area contributed by atoms with E-state index in [1.165, 1.54) is 5.56 Å². The van der Waals surface area contributed by atoms with Gasteiger partial charge in [0.05, 0.1) is 10.7 Å². The SMILES string of the molecule is CC(C)c1cccc(OCC(=O)Nc2ccc(Cl)cc2Cl)c1. The van der Waals surface area contributed by atoms with Gasteiger partial charge in [-0.3, -0.25) is 4.79 Å². The molecule has 1 N–H and O–H groups in total. The van der Waals surface area contributed by atoms with Crippen LogP contribution in [0.5, 0.6) is 5.75 Å². The molecule has 0 saturated heterocycles. The van der Waals surface area contributed by atoms with Crippen LogP contribution in [-0.2, 0) is 4.79 Å². The van der Waals surface area contributed by atoms with Crippen molar-refractivity contribution in [2.24, 2.45) is 0 Å². The topological polar surface area (TPSA) is 38.3 Å². The third-order valence-corrected chi connectivity index (χ3v) is 3.65. The second-order valence-electron chi connectivity index (χ2n) is 5.19. The van der Waals surface area contributed by atoms with Crippen molar-refractivity contribution in [3.8, 4) is 5.75 Å². The number of ether oxygens (including phenoxy) is 1. The van der Waals surface area contributed by atoms with Crippen molar-refractivity contribution in [3.63, 3.8) is 0 Å². The normalized spacial score (nSPS) is 10.6. The van der Waals surface area contributed by atoms with E-state index in [0.29, 0.717) is 27.4 Å². The highest BCUT2D eigenvalue weighted by Gasteiger charge is 2.08. The Morgan fingerprint density at radius 1 is 1.18 bits per heavy atom. The number of benzene rings is 2. The first kappa shape index (κ1) is 16.7. The number of hydrogen-bond donors (Lipinski definition) is 1. The Kier molecular flexibility index (Phi) is 5.69. The summed E-state index contributed by atoms with van der Waals surface area (Å²) in [6.07, 6.45) is 0. The molecule has 1 amide bonds. The predicted octanol–water partition coefficient (Wildman–Crippen LogP) is 5.13. The number of carbonyl (C=O) groups excluding carboxylic acids is 1. The van der Waals surface area contributed by atoms with E-state index in [9.17, 15) is 4.79 Å². The van der Waals surface area contributed by atoms with Gasteiger partial charge in [0.1, 0.15) is 5.75 Å². The Hall–Kier alpha value is -1.71. The lowest BCUT2D eigenvalue weighted by molar-refractivity contribution is -0.118. The third-order valence-electron chi connectivity index (χ3n) is 3.10. The lowest BCUT2D eigenvalue weighted by Crippen LogP contribution is -2.20. The number of halogens is 2. The molecule has 2 aromatic rings. The fourth-order valence-corrected chi connectivity index (χ4v) is 2.35. The van der Waals surface area contributed by atoms with E-state index >= 15 is 0 Å². The molecule has 2 rings (SSSR count). The van der Waals surface area contributed by atoms with Crippen molar-refractivity contribution in [3.05, 3.63) is 58.1 Å². The molecule has 0 unspecified atom stereocenters. The Labute approximate surface area is 140 Å². The molecule has 2 aromatic carbocycles. The van der Waals surface area contributed by atoms with E-state index in [2.05, 4.69) is 19.2 Å². The maximum atomic E-state index is 11.9. The molecule has 116 valence electrons. The average Bonchev–Trinajstić information content (AvgIpc) is 2.48. The molecule has 22 heavy (non-hydrogen) atoms. The van der Waals surface area contributed by atoms with Gasteiger partial charge in [0.15, 0.2) is 6.61 Å². The van der Waals surface area contributed by atoms with Crippen LogP contribution >= 0.6 is 23.2 Å². The van der Waals surface area contributed by atoms with Gasteiger partial charge in [-0.1, -0.05) is 49.2 Å². The Balaban J connectivity index is 1.94. The molecule has 0 aliphatic heterocycles. The van der Waals surface area contributed by atoms with Crippen molar-refractivity contribution < 1.29 is 9.53 Å². The van der Waals surface area contributed by atoms with Gasteiger partial charge in [-0.2, -0.15) is 0 Å². The second kappa shape index (κ2) is 7.52. The van der Waals surface area contributed by atoms with Crippen molar-refractivity contribution >= 4 is 34.8 Å². The van der Waals surface area contributed by atoms with Crippen molar-refractivity contribution in [1.82, 2.24) is 0 Å². The third kappa shape index (κ3) is 4.65.